The predicted octanol–water partition coefficient (Wildman–Crippen LogP) is 0.770. The topological polar surface area (TPSA) is 50.4 Å². The van der Waals surface area contributed by atoms with Gasteiger partial charge in [0.2, 0.25) is 5.91 Å². The Bertz CT molecular complexity index is 295. The first kappa shape index (κ1) is 12.8. The molecule has 2 N–H and O–H groups in total. The minimum Gasteiger partial charge on any atom is -0.374 e. The number of carbonyl (C=O) groups excluding carboxylic acids is 1. The van der Waals surface area contributed by atoms with Crippen LogP contribution < -0.4 is 10.6 Å². The molecule has 0 aromatic carbocycles. The quantitative estimate of drug-likeness (QED) is 0.749. The highest BCUT2D eigenvalue weighted by molar-refractivity contribution is 5.80. The first-order valence-electron chi connectivity index (χ1n) is 6.67. The second-order valence-corrected chi connectivity index (χ2v) is 5.68. The normalized spacial score (nSPS) is 46.1. The van der Waals surface area contributed by atoms with Crippen molar-refractivity contribution < 1.29 is 9.53 Å². The van der Waals surface area contributed by atoms with Crippen molar-refractivity contribution >= 4 is 5.91 Å². The van der Waals surface area contributed by atoms with Crippen molar-refractivity contribution in [1.29, 1.82) is 0 Å². The van der Waals surface area contributed by atoms with Gasteiger partial charge in [0, 0.05) is 12.6 Å². The minimum absolute atomic E-state index is 0.00204. The van der Waals surface area contributed by atoms with Gasteiger partial charge in [-0.05, 0) is 32.2 Å². The maximum Gasteiger partial charge on any atom is 0.226 e. The van der Waals surface area contributed by atoms with Crippen LogP contribution in [0.5, 0.6) is 0 Å². The van der Waals surface area contributed by atoms with Crippen molar-refractivity contribution in [2.45, 2.75) is 45.9 Å². The third kappa shape index (κ3) is 2.47. The van der Waals surface area contributed by atoms with Gasteiger partial charge in [0.1, 0.15) is 0 Å². The summed E-state index contributed by atoms with van der Waals surface area (Å²) in [5, 5.41) is 6.47. The summed E-state index contributed by atoms with van der Waals surface area (Å²) in [6.07, 6.45) is 0.213. The molecule has 4 heteroatoms. The standard InChI is InChI=1S/C13H24N2O2/c1-7-5-14-6-11(7)15-13(16)12-8(2)9(3)17-10(12)4/h7-12,14H,5-6H2,1-4H3,(H,15,16). The monoisotopic (exact) mass is 240 g/mol. The molecule has 2 aliphatic heterocycles. The summed E-state index contributed by atoms with van der Waals surface area (Å²) < 4.78 is 5.72. The molecule has 2 fully saturated rings. The van der Waals surface area contributed by atoms with Crippen molar-refractivity contribution in [3.63, 3.8) is 0 Å². The van der Waals surface area contributed by atoms with Crippen molar-refractivity contribution in [3.05, 3.63) is 0 Å². The second kappa shape index (κ2) is 4.94. The molecule has 2 saturated heterocycles. The van der Waals surface area contributed by atoms with E-state index < -0.39 is 0 Å². The number of hydrogen-bond acceptors (Lipinski definition) is 3. The van der Waals surface area contributed by atoms with E-state index >= 15 is 0 Å². The summed E-state index contributed by atoms with van der Waals surface area (Å²) in [7, 11) is 0. The number of nitrogens with one attached hydrogen (secondary N) is 2. The van der Waals surface area contributed by atoms with Crippen LogP contribution in [0.3, 0.4) is 0 Å². The van der Waals surface area contributed by atoms with Crippen LogP contribution >= 0.6 is 0 Å². The molecule has 0 aromatic rings. The molecule has 6 atom stereocenters. The molecule has 2 heterocycles. The van der Waals surface area contributed by atoms with E-state index in [-0.39, 0.29) is 30.1 Å². The highest BCUT2D eigenvalue weighted by Gasteiger charge is 2.42. The number of ether oxygens (including phenoxy) is 1. The van der Waals surface area contributed by atoms with E-state index in [1.54, 1.807) is 0 Å². The zero-order valence-electron chi connectivity index (χ0n) is 11.2. The Morgan fingerprint density at radius 2 is 1.88 bits per heavy atom. The molecule has 98 valence electrons. The number of amides is 1. The van der Waals surface area contributed by atoms with Crippen LogP contribution in [0.4, 0.5) is 0 Å². The lowest BCUT2D eigenvalue weighted by molar-refractivity contribution is -0.128. The lowest BCUT2D eigenvalue weighted by Gasteiger charge is -2.22. The molecular formula is C13H24N2O2. The molecule has 0 radical (unpaired) electrons. The fourth-order valence-corrected chi connectivity index (χ4v) is 3.00. The highest BCUT2D eigenvalue weighted by atomic mass is 16.5. The van der Waals surface area contributed by atoms with Crippen molar-refractivity contribution in [1.82, 2.24) is 10.6 Å². The molecule has 0 saturated carbocycles. The van der Waals surface area contributed by atoms with E-state index in [2.05, 4.69) is 24.5 Å². The fraction of sp³-hybridized carbons (Fsp3) is 0.923. The zero-order valence-corrected chi connectivity index (χ0v) is 11.2. The number of hydrogen-bond donors (Lipinski definition) is 2. The summed E-state index contributed by atoms with van der Waals surface area (Å²) in [6.45, 7) is 10.2. The number of carbonyl (C=O) groups is 1. The van der Waals surface area contributed by atoms with Gasteiger partial charge in [-0.15, -0.1) is 0 Å². The Balaban J connectivity index is 1.95. The van der Waals surface area contributed by atoms with Gasteiger partial charge in [0.15, 0.2) is 0 Å². The Morgan fingerprint density at radius 1 is 1.18 bits per heavy atom. The molecule has 0 aliphatic carbocycles. The van der Waals surface area contributed by atoms with Crippen LogP contribution in [-0.2, 0) is 9.53 Å². The summed E-state index contributed by atoms with van der Waals surface area (Å²) in [6, 6.07) is 0.276. The second-order valence-electron chi connectivity index (χ2n) is 5.68. The Hall–Kier alpha value is -0.610. The molecule has 17 heavy (non-hydrogen) atoms. The lowest BCUT2D eigenvalue weighted by atomic mass is 9.88. The third-order valence-electron chi connectivity index (χ3n) is 4.39. The average molecular weight is 240 g/mol. The first-order valence-corrected chi connectivity index (χ1v) is 6.67. The summed E-state index contributed by atoms with van der Waals surface area (Å²) in [5.41, 5.74) is 0. The molecular weight excluding hydrogens is 216 g/mol. The van der Waals surface area contributed by atoms with Crippen LogP contribution in [-0.4, -0.2) is 37.2 Å². The third-order valence-corrected chi connectivity index (χ3v) is 4.39. The van der Waals surface area contributed by atoms with E-state index in [1.165, 1.54) is 0 Å². The van der Waals surface area contributed by atoms with E-state index in [4.69, 9.17) is 4.74 Å². The zero-order chi connectivity index (χ0) is 12.6. The highest BCUT2D eigenvalue weighted by Crippen LogP contribution is 2.32. The van der Waals surface area contributed by atoms with Crippen LogP contribution in [0, 0.1) is 17.8 Å². The van der Waals surface area contributed by atoms with Crippen LogP contribution in [0.15, 0.2) is 0 Å². The van der Waals surface area contributed by atoms with Gasteiger partial charge in [-0.1, -0.05) is 13.8 Å². The van der Waals surface area contributed by atoms with Gasteiger partial charge in [-0.3, -0.25) is 4.79 Å². The van der Waals surface area contributed by atoms with Gasteiger partial charge in [0.25, 0.3) is 0 Å². The van der Waals surface area contributed by atoms with Gasteiger partial charge in [-0.25, -0.2) is 0 Å². The van der Waals surface area contributed by atoms with Crippen LogP contribution in [0.2, 0.25) is 0 Å². The lowest BCUT2D eigenvalue weighted by Crippen LogP contribution is -2.45. The van der Waals surface area contributed by atoms with Gasteiger partial charge in [0.05, 0.1) is 18.1 Å². The van der Waals surface area contributed by atoms with Gasteiger partial charge >= 0.3 is 0 Å². The predicted molar refractivity (Wildman–Crippen MR) is 66.6 cm³/mol. The summed E-state index contributed by atoms with van der Waals surface area (Å²) in [4.78, 5) is 12.3. The van der Waals surface area contributed by atoms with E-state index in [9.17, 15) is 4.79 Å². The number of rotatable bonds is 2. The molecule has 2 rings (SSSR count). The van der Waals surface area contributed by atoms with E-state index in [1.807, 2.05) is 13.8 Å². The Kier molecular flexibility index (Phi) is 3.73. The molecule has 0 aromatic heterocycles. The molecule has 1 amide bonds. The molecule has 2 aliphatic rings. The fourth-order valence-electron chi connectivity index (χ4n) is 3.00. The van der Waals surface area contributed by atoms with E-state index in [0.29, 0.717) is 11.8 Å². The Labute approximate surface area is 103 Å². The van der Waals surface area contributed by atoms with Crippen LogP contribution in [0.1, 0.15) is 27.7 Å². The Morgan fingerprint density at radius 3 is 2.35 bits per heavy atom. The largest absolute Gasteiger partial charge is 0.374 e. The van der Waals surface area contributed by atoms with Crippen molar-refractivity contribution in [2.75, 3.05) is 13.1 Å². The SMILES string of the molecule is CC1CNCC1NC(=O)C1C(C)OC(C)C1C. The molecule has 4 nitrogen and oxygen atoms in total. The van der Waals surface area contributed by atoms with Crippen molar-refractivity contribution in [2.24, 2.45) is 17.8 Å². The maximum absolute atomic E-state index is 12.3. The first-order chi connectivity index (χ1) is 8.00. The average Bonchev–Trinajstić information content (AvgIpc) is 2.74. The molecule has 0 bridgehead atoms. The summed E-state index contributed by atoms with van der Waals surface area (Å²) in [5.74, 6) is 0.978. The maximum atomic E-state index is 12.3. The summed E-state index contributed by atoms with van der Waals surface area (Å²) >= 11 is 0. The van der Waals surface area contributed by atoms with Crippen LogP contribution in [0.25, 0.3) is 0 Å². The van der Waals surface area contributed by atoms with Gasteiger partial charge in [-0.2, -0.15) is 0 Å². The minimum atomic E-state index is -0.00204. The molecule has 6 unspecified atom stereocenters. The van der Waals surface area contributed by atoms with Gasteiger partial charge < -0.3 is 15.4 Å². The van der Waals surface area contributed by atoms with Crippen molar-refractivity contribution in [3.8, 4) is 0 Å². The van der Waals surface area contributed by atoms with E-state index in [0.717, 1.165) is 13.1 Å². The smallest absolute Gasteiger partial charge is 0.226 e. The molecule has 0 spiro atoms.